The molecule has 0 bridgehead atoms. The molecule has 0 radical (unpaired) electrons. The molecular formula is C17H22N2O4. The van der Waals surface area contributed by atoms with Gasteiger partial charge in [-0.3, -0.25) is 0 Å². The molecule has 124 valence electrons. The summed E-state index contributed by atoms with van der Waals surface area (Å²) in [5.41, 5.74) is 6.21. The SMILES string of the molecule is ONCc1ccc(OCCCOc2ccc(CNO)cc2)cc1. The highest BCUT2D eigenvalue weighted by Crippen LogP contribution is 2.14. The number of hydroxylamine groups is 2. The van der Waals surface area contributed by atoms with Crippen molar-refractivity contribution < 1.29 is 19.9 Å². The van der Waals surface area contributed by atoms with Gasteiger partial charge in [-0.15, -0.1) is 0 Å². The van der Waals surface area contributed by atoms with Crippen LogP contribution in [-0.2, 0) is 13.1 Å². The zero-order chi connectivity index (χ0) is 16.3. The van der Waals surface area contributed by atoms with Crippen molar-refractivity contribution in [3.63, 3.8) is 0 Å². The molecule has 2 aromatic carbocycles. The van der Waals surface area contributed by atoms with Gasteiger partial charge in [0.05, 0.1) is 13.2 Å². The van der Waals surface area contributed by atoms with E-state index in [1.807, 2.05) is 48.5 Å². The Morgan fingerprint density at radius 3 is 1.39 bits per heavy atom. The molecule has 0 amide bonds. The molecular weight excluding hydrogens is 296 g/mol. The standard InChI is InChI=1S/C17H22N2O4/c20-18-12-14-2-6-16(7-3-14)22-10-1-11-23-17-8-4-15(5-9-17)13-19-21/h2-9,18-21H,1,10-13H2. The van der Waals surface area contributed by atoms with E-state index in [4.69, 9.17) is 19.9 Å². The molecule has 0 aromatic heterocycles. The Bertz CT molecular complexity index is 506. The molecule has 0 saturated heterocycles. The van der Waals surface area contributed by atoms with Crippen LogP contribution in [0.5, 0.6) is 11.5 Å². The van der Waals surface area contributed by atoms with Crippen LogP contribution < -0.4 is 20.4 Å². The molecule has 0 atom stereocenters. The fraction of sp³-hybridized carbons (Fsp3) is 0.294. The van der Waals surface area contributed by atoms with Crippen molar-refractivity contribution in [2.75, 3.05) is 13.2 Å². The Labute approximate surface area is 135 Å². The second-order valence-corrected chi connectivity index (χ2v) is 5.01. The predicted octanol–water partition coefficient (Wildman–Crippen LogP) is 2.49. The van der Waals surface area contributed by atoms with Gasteiger partial charge in [0.1, 0.15) is 11.5 Å². The van der Waals surface area contributed by atoms with Gasteiger partial charge in [-0.05, 0) is 35.4 Å². The van der Waals surface area contributed by atoms with Gasteiger partial charge >= 0.3 is 0 Å². The van der Waals surface area contributed by atoms with E-state index in [0.717, 1.165) is 29.0 Å². The first-order chi connectivity index (χ1) is 11.3. The van der Waals surface area contributed by atoms with Gasteiger partial charge in [0, 0.05) is 19.5 Å². The molecule has 4 N–H and O–H groups in total. The van der Waals surface area contributed by atoms with E-state index in [9.17, 15) is 0 Å². The van der Waals surface area contributed by atoms with E-state index >= 15 is 0 Å². The average Bonchev–Trinajstić information content (AvgIpc) is 2.58. The third-order valence-corrected chi connectivity index (χ3v) is 3.24. The summed E-state index contributed by atoms with van der Waals surface area (Å²) in [5.74, 6) is 1.60. The fourth-order valence-corrected chi connectivity index (χ4v) is 2.03. The van der Waals surface area contributed by atoms with Crippen LogP contribution in [-0.4, -0.2) is 23.6 Å². The first kappa shape index (κ1) is 17.2. The van der Waals surface area contributed by atoms with Gasteiger partial charge < -0.3 is 19.9 Å². The highest BCUT2D eigenvalue weighted by Gasteiger charge is 1.98. The van der Waals surface area contributed by atoms with E-state index in [1.54, 1.807) is 0 Å². The maximum Gasteiger partial charge on any atom is 0.119 e. The number of rotatable bonds is 10. The number of ether oxygens (including phenoxy) is 2. The van der Waals surface area contributed by atoms with Gasteiger partial charge in [-0.1, -0.05) is 24.3 Å². The minimum Gasteiger partial charge on any atom is -0.493 e. The van der Waals surface area contributed by atoms with Crippen LogP contribution in [0.15, 0.2) is 48.5 Å². The summed E-state index contributed by atoms with van der Waals surface area (Å²) >= 11 is 0. The molecule has 0 heterocycles. The van der Waals surface area contributed by atoms with Crippen LogP contribution >= 0.6 is 0 Å². The maximum absolute atomic E-state index is 8.62. The van der Waals surface area contributed by atoms with Crippen molar-refractivity contribution in [3.8, 4) is 11.5 Å². The van der Waals surface area contributed by atoms with Crippen LogP contribution in [0.2, 0.25) is 0 Å². The summed E-state index contributed by atoms with van der Waals surface area (Å²) < 4.78 is 11.3. The summed E-state index contributed by atoms with van der Waals surface area (Å²) in [6.45, 7) is 1.98. The Balaban J connectivity index is 1.63. The first-order valence-corrected chi connectivity index (χ1v) is 7.49. The van der Waals surface area contributed by atoms with Crippen molar-refractivity contribution in [2.24, 2.45) is 0 Å². The number of nitrogens with one attached hydrogen (secondary N) is 2. The van der Waals surface area contributed by atoms with Crippen LogP contribution in [0.25, 0.3) is 0 Å². The Hall–Kier alpha value is -2.12. The minimum atomic E-state index is 0.418. The predicted molar refractivity (Wildman–Crippen MR) is 85.7 cm³/mol. The van der Waals surface area contributed by atoms with Crippen molar-refractivity contribution in [2.45, 2.75) is 19.5 Å². The van der Waals surface area contributed by atoms with Gasteiger partial charge in [-0.25, -0.2) is 11.0 Å². The number of hydrogen-bond donors (Lipinski definition) is 4. The second-order valence-electron chi connectivity index (χ2n) is 5.01. The van der Waals surface area contributed by atoms with Crippen LogP contribution in [0.1, 0.15) is 17.5 Å². The molecule has 23 heavy (non-hydrogen) atoms. The lowest BCUT2D eigenvalue weighted by atomic mass is 10.2. The normalized spacial score (nSPS) is 10.5. The van der Waals surface area contributed by atoms with Crippen molar-refractivity contribution in [1.82, 2.24) is 11.0 Å². The summed E-state index contributed by atoms with van der Waals surface area (Å²) in [6, 6.07) is 15.1. The second kappa shape index (κ2) is 9.81. The molecule has 2 rings (SSSR count). The molecule has 0 saturated carbocycles. The maximum atomic E-state index is 8.62. The van der Waals surface area contributed by atoms with Crippen LogP contribution in [0.4, 0.5) is 0 Å². The largest absolute Gasteiger partial charge is 0.493 e. The van der Waals surface area contributed by atoms with Crippen molar-refractivity contribution in [1.29, 1.82) is 0 Å². The van der Waals surface area contributed by atoms with E-state index in [0.29, 0.717) is 26.3 Å². The average molecular weight is 318 g/mol. The van der Waals surface area contributed by atoms with Crippen molar-refractivity contribution >= 4 is 0 Å². The fourth-order valence-electron chi connectivity index (χ4n) is 2.03. The molecule has 0 aliphatic carbocycles. The van der Waals surface area contributed by atoms with E-state index in [1.165, 1.54) is 0 Å². The van der Waals surface area contributed by atoms with E-state index in [-0.39, 0.29) is 0 Å². The zero-order valence-electron chi connectivity index (χ0n) is 12.9. The lowest BCUT2D eigenvalue weighted by Gasteiger charge is -2.09. The quantitative estimate of drug-likeness (QED) is 0.398. The topological polar surface area (TPSA) is 83.0 Å². The molecule has 0 fully saturated rings. The van der Waals surface area contributed by atoms with Gasteiger partial charge in [0.25, 0.3) is 0 Å². The van der Waals surface area contributed by atoms with Gasteiger partial charge in [0.2, 0.25) is 0 Å². The summed E-state index contributed by atoms with van der Waals surface area (Å²) in [7, 11) is 0. The van der Waals surface area contributed by atoms with Crippen molar-refractivity contribution in [3.05, 3.63) is 59.7 Å². The Kier molecular flexibility index (Phi) is 7.35. The molecule has 0 unspecified atom stereocenters. The van der Waals surface area contributed by atoms with Gasteiger partial charge in [-0.2, -0.15) is 0 Å². The molecule has 0 spiro atoms. The van der Waals surface area contributed by atoms with E-state index < -0.39 is 0 Å². The lowest BCUT2D eigenvalue weighted by Crippen LogP contribution is -2.07. The minimum absolute atomic E-state index is 0.418. The molecule has 6 heteroatoms. The molecule has 6 nitrogen and oxygen atoms in total. The third-order valence-electron chi connectivity index (χ3n) is 3.24. The highest BCUT2D eigenvalue weighted by molar-refractivity contribution is 5.28. The Morgan fingerprint density at radius 1 is 0.652 bits per heavy atom. The monoisotopic (exact) mass is 318 g/mol. The third kappa shape index (κ3) is 6.25. The molecule has 0 aliphatic heterocycles. The van der Waals surface area contributed by atoms with Crippen LogP contribution in [0, 0.1) is 0 Å². The van der Waals surface area contributed by atoms with Crippen LogP contribution in [0.3, 0.4) is 0 Å². The summed E-state index contributed by atoms with van der Waals surface area (Å²) in [4.78, 5) is 0. The molecule has 0 aliphatic rings. The number of hydrogen-bond acceptors (Lipinski definition) is 6. The highest BCUT2D eigenvalue weighted by atomic mass is 16.5. The summed E-state index contributed by atoms with van der Waals surface area (Å²) in [6.07, 6.45) is 0.778. The first-order valence-electron chi connectivity index (χ1n) is 7.49. The Morgan fingerprint density at radius 2 is 1.04 bits per heavy atom. The summed E-state index contributed by atoms with van der Waals surface area (Å²) in [5, 5.41) is 17.2. The van der Waals surface area contributed by atoms with E-state index in [2.05, 4.69) is 11.0 Å². The van der Waals surface area contributed by atoms with Gasteiger partial charge in [0.15, 0.2) is 0 Å². The zero-order valence-corrected chi connectivity index (χ0v) is 12.9. The smallest absolute Gasteiger partial charge is 0.119 e. The molecule has 2 aromatic rings. The number of benzene rings is 2. The lowest BCUT2D eigenvalue weighted by molar-refractivity contribution is 0.161.